The summed E-state index contributed by atoms with van der Waals surface area (Å²) in [6, 6.07) is 8.79. The Morgan fingerprint density at radius 2 is 2.04 bits per heavy atom. The monoisotopic (exact) mass is 348 g/mol. The van der Waals surface area contributed by atoms with Crippen molar-refractivity contribution < 1.29 is 9.59 Å². The molecule has 1 aromatic carbocycles. The first-order valence-electron chi connectivity index (χ1n) is 7.64. The first-order valence-corrected chi connectivity index (χ1v) is 8.02. The molecule has 24 heavy (non-hydrogen) atoms. The maximum Gasteiger partial charge on any atom is 0.239 e. The Labute approximate surface area is 146 Å². The van der Waals surface area contributed by atoms with Crippen LogP contribution in [0.3, 0.4) is 0 Å². The molecule has 0 bridgehead atoms. The zero-order valence-electron chi connectivity index (χ0n) is 13.9. The second-order valence-electron chi connectivity index (χ2n) is 5.68. The molecule has 0 spiro atoms. The number of benzene rings is 1. The van der Waals surface area contributed by atoms with Gasteiger partial charge in [0.15, 0.2) is 0 Å². The van der Waals surface area contributed by atoms with Crippen LogP contribution in [0.15, 0.2) is 42.7 Å². The van der Waals surface area contributed by atoms with E-state index in [1.807, 2.05) is 43.5 Å². The van der Waals surface area contributed by atoms with Gasteiger partial charge in [0.25, 0.3) is 0 Å². The van der Waals surface area contributed by atoms with Crippen LogP contribution in [0.1, 0.15) is 25.5 Å². The Bertz CT molecular complexity index is 702. The molecular weight excluding hydrogens is 328 g/mol. The van der Waals surface area contributed by atoms with Gasteiger partial charge in [-0.05, 0) is 24.6 Å². The minimum Gasteiger partial charge on any atom is -0.350 e. The highest BCUT2D eigenvalue weighted by Crippen LogP contribution is 2.28. The van der Waals surface area contributed by atoms with Crippen LogP contribution < -0.4 is 5.32 Å². The van der Waals surface area contributed by atoms with Gasteiger partial charge in [-0.1, -0.05) is 29.8 Å². The maximum atomic E-state index is 12.2. The highest BCUT2D eigenvalue weighted by Gasteiger charge is 2.25. The number of hydrogen-bond donors (Lipinski definition) is 1. The van der Waals surface area contributed by atoms with Crippen molar-refractivity contribution in [2.24, 2.45) is 0 Å². The number of carbonyl (C=O) groups excluding carboxylic acids is 2. The lowest BCUT2D eigenvalue weighted by Crippen LogP contribution is -2.44. The summed E-state index contributed by atoms with van der Waals surface area (Å²) in [5.74, 6) is -0.392. The van der Waals surface area contributed by atoms with Crippen molar-refractivity contribution in [3.05, 3.63) is 53.3 Å². The molecule has 2 rings (SSSR count). The molecule has 0 unspecified atom stereocenters. The average Bonchev–Trinajstić information content (AvgIpc) is 3.03. The first kappa shape index (κ1) is 18.0. The second-order valence-corrected chi connectivity index (χ2v) is 6.09. The van der Waals surface area contributed by atoms with E-state index in [-0.39, 0.29) is 30.4 Å². The molecule has 128 valence electrons. The molecule has 0 saturated heterocycles. The van der Waals surface area contributed by atoms with Gasteiger partial charge in [-0.3, -0.25) is 14.3 Å². The number of hydrogen-bond acceptors (Lipinski definition) is 3. The van der Waals surface area contributed by atoms with Crippen molar-refractivity contribution in [2.45, 2.75) is 25.9 Å². The molecule has 0 aliphatic carbocycles. The number of nitrogens with zero attached hydrogens (tertiary/aromatic N) is 3. The fourth-order valence-electron chi connectivity index (χ4n) is 2.51. The molecule has 0 fully saturated rings. The van der Waals surface area contributed by atoms with Crippen LogP contribution >= 0.6 is 11.6 Å². The summed E-state index contributed by atoms with van der Waals surface area (Å²) >= 11 is 6.34. The number of rotatable bonds is 6. The van der Waals surface area contributed by atoms with Gasteiger partial charge in [0.2, 0.25) is 11.8 Å². The molecule has 7 heteroatoms. The van der Waals surface area contributed by atoms with E-state index in [0.29, 0.717) is 5.02 Å². The van der Waals surface area contributed by atoms with Crippen LogP contribution in [0, 0.1) is 0 Å². The van der Waals surface area contributed by atoms with E-state index in [1.54, 1.807) is 17.9 Å². The Morgan fingerprint density at radius 3 is 2.62 bits per heavy atom. The smallest absolute Gasteiger partial charge is 0.239 e. The van der Waals surface area contributed by atoms with Crippen molar-refractivity contribution >= 4 is 23.4 Å². The number of amides is 2. The lowest BCUT2D eigenvalue weighted by molar-refractivity contribution is -0.133. The standard InChI is InChI=1S/C17H21ClN4O2/c1-12(20-16(24)11-21(3)13(2)23)17(22-10-6-9-19-22)14-7-4-5-8-15(14)18/h4-10,12,17H,11H2,1-3H3,(H,20,24)/t12-,17+/m1/s1. The van der Waals surface area contributed by atoms with Gasteiger partial charge in [-0.2, -0.15) is 5.10 Å². The summed E-state index contributed by atoms with van der Waals surface area (Å²) in [6.45, 7) is 3.32. The van der Waals surface area contributed by atoms with E-state index in [0.717, 1.165) is 5.56 Å². The molecule has 1 aromatic heterocycles. The summed E-state index contributed by atoms with van der Waals surface area (Å²) < 4.78 is 1.76. The van der Waals surface area contributed by atoms with E-state index < -0.39 is 0 Å². The predicted molar refractivity (Wildman–Crippen MR) is 92.7 cm³/mol. The summed E-state index contributed by atoms with van der Waals surface area (Å²) in [5, 5.41) is 7.83. The van der Waals surface area contributed by atoms with Crippen molar-refractivity contribution in [2.75, 3.05) is 13.6 Å². The fourth-order valence-corrected chi connectivity index (χ4v) is 2.75. The van der Waals surface area contributed by atoms with Crippen molar-refractivity contribution in [3.63, 3.8) is 0 Å². The zero-order valence-corrected chi connectivity index (χ0v) is 14.7. The molecule has 0 radical (unpaired) electrons. The SMILES string of the molecule is CC(=O)N(C)CC(=O)N[C@H](C)[C@@H](c1ccccc1Cl)n1cccn1. The van der Waals surface area contributed by atoms with Crippen LogP contribution in [0.5, 0.6) is 0 Å². The van der Waals surface area contributed by atoms with Gasteiger partial charge in [0, 0.05) is 31.4 Å². The van der Waals surface area contributed by atoms with E-state index in [2.05, 4.69) is 10.4 Å². The molecule has 0 aliphatic rings. The molecule has 2 aromatic rings. The van der Waals surface area contributed by atoms with Crippen molar-refractivity contribution in [1.82, 2.24) is 20.0 Å². The molecule has 6 nitrogen and oxygen atoms in total. The van der Waals surface area contributed by atoms with Crippen LogP contribution in [-0.2, 0) is 9.59 Å². The van der Waals surface area contributed by atoms with Gasteiger partial charge >= 0.3 is 0 Å². The summed E-state index contributed by atoms with van der Waals surface area (Å²) in [5.41, 5.74) is 0.871. The quantitative estimate of drug-likeness (QED) is 0.869. The zero-order chi connectivity index (χ0) is 17.7. The normalized spacial score (nSPS) is 13.2. The minimum absolute atomic E-state index is 0.00796. The maximum absolute atomic E-state index is 12.2. The van der Waals surface area contributed by atoms with Gasteiger partial charge in [-0.25, -0.2) is 0 Å². The third-order valence-electron chi connectivity index (χ3n) is 3.81. The number of likely N-dealkylation sites (N-methyl/N-ethyl adjacent to an activating group) is 1. The van der Waals surface area contributed by atoms with Crippen molar-refractivity contribution in [1.29, 1.82) is 0 Å². The molecular formula is C17H21ClN4O2. The average molecular weight is 349 g/mol. The summed E-state index contributed by atoms with van der Waals surface area (Å²) in [6.07, 6.45) is 3.51. The van der Waals surface area contributed by atoms with Gasteiger partial charge < -0.3 is 10.2 Å². The summed E-state index contributed by atoms with van der Waals surface area (Å²) in [7, 11) is 1.59. The molecule has 1 heterocycles. The molecule has 1 N–H and O–H groups in total. The van der Waals surface area contributed by atoms with Crippen LogP contribution in [0.25, 0.3) is 0 Å². The second kappa shape index (κ2) is 7.97. The predicted octanol–water partition coefficient (Wildman–Crippen LogP) is 2.11. The Morgan fingerprint density at radius 1 is 1.33 bits per heavy atom. The van der Waals surface area contributed by atoms with E-state index >= 15 is 0 Å². The van der Waals surface area contributed by atoms with E-state index in [4.69, 9.17) is 11.6 Å². The lowest BCUT2D eigenvalue weighted by atomic mass is 10.0. The molecule has 0 aliphatic heterocycles. The van der Waals surface area contributed by atoms with Gasteiger partial charge in [0.05, 0.1) is 18.6 Å². The van der Waals surface area contributed by atoms with Crippen LogP contribution in [-0.4, -0.2) is 46.1 Å². The van der Waals surface area contributed by atoms with Gasteiger partial charge in [-0.15, -0.1) is 0 Å². The topological polar surface area (TPSA) is 67.2 Å². The minimum atomic E-state index is -0.266. The van der Waals surface area contributed by atoms with E-state index in [1.165, 1.54) is 11.8 Å². The number of aromatic nitrogens is 2. The number of halogens is 1. The number of carbonyl (C=O) groups is 2. The Kier molecular flexibility index (Phi) is 5.98. The lowest BCUT2D eigenvalue weighted by Gasteiger charge is -2.27. The third kappa shape index (κ3) is 4.35. The Balaban J connectivity index is 2.20. The first-order chi connectivity index (χ1) is 11.4. The van der Waals surface area contributed by atoms with Crippen LogP contribution in [0.2, 0.25) is 5.02 Å². The van der Waals surface area contributed by atoms with Crippen molar-refractivity contribution in [3.8, 4) is 0 Å². The largest absolute Gasteiger partial charge is 0.350 e. The number of nitrogens with one attached hydrogen (secondary N) is 1. The Hall–Kier alpha value is -2.34. The van der Waals surface area contributed by atoms with E-state index in [9.17, 15) is 9.59 Å². The summed E-state index contributed by atoms with van der Waals surface area (Å²) in [4.78, 5) is 24.8. The van der Waals surface area contributed by atoms with Gasteiger partial charge in [0.1, 0.15) is 0 Å². The third-order valence-corrected chi connectivity index (χ3v) is 4.16. The highest BCUT2D eigenvalue weighted by molar-refractivity contribution is 6.31. The highest BCUT2D eigenvalue weighted by atomic mass is 35.5. The van der Waals surface area contributed by atoms with Crippen LogP contribution in [0.4, 0.5) is 0 Å². The molecule has 2 amide bonds. The molecule has 2 atom stereocenters. The molecule has 0 saturated carbocycles. The fraction of sp³-hybridized carbons (Fsp3) is 0.353.